The Bertz CT molecular complexity index is 1320. The molecule has 7 heteroatoms. The van der Waals surface area contributed by atoms with Crippen molar-refractivity contribution >= 4 is 28.3 Å². The van der Waals surface area contributed by atoms with Crippen molar-refractivity contribution in [3.8, 4) is 17.0 Å². The molecule has 0 unspecified atom stereocenters. The maximum absolute atomic E-state index is 13.0. The van der Waals surface area contributed by atoms with Gasteiger partial charge in [0.2, 0.25) is 0 Å². The summed E-state index contributed by atoms with van der Waals surface area (Å²) < 4.78 is 7.03. The third-order valence-electron chi connectivity index (χ3n) is 5.03. The van der Waals surface area contributed by atoms with Crippen LogP contribution in [0.25, 0.3) is 22.0 Å². The van der Waals surface area contributed by atoms with E-state index in [1.165, 1.54) is 10.7 Å². The first-order chi connectivity index (χ1) is 15.6. The highest BCUT2D eigenvalue weighted by atomic mass is 35.5. The zero-order valence-electron chi connectivity index (χ0n) is 17.5. The lowest BCUT2D eigenvalue weighted by molar-refractivity contribution is 0.0950. The van der Waals surface area contributed by atoms with Crippen molar-refractivity contribution in [3.05, 3.63) is 93.7 Å². The number of fused-ring (bicyclic) bond motifs is 1. The van der Waals surface area contributed by atoms with Crippen molar-refractivity contribution in [1.82, 2.24) is 15.1 Å². The van der Waals surface area contributed by atoms with Gasteiger partial charge < -0.3 is 10.1 Å². The summed E-state index contributed by atoms with van der Waals surface area (Å²) in [5, 5.41) is 9.72. The summed E-state index contributed by atoms with van der Waals surface area (Å²) in [7, 11) is 0. The molecule has 162 valence electrons. The van der Waals surface area contributed by atoms with Crippen molar-refractivity contribution < 1.29 is 9.53 Å². The van der Waals surface area contributed by atoms with Crippen LogP contribution in [0, 0.1) is 0 Å². The van der Waals surface area contributed by atoms with Gasteiger partial charge in [-0.25, -0.2) is 4.68 Å². The average Bonchev–Trinajstić information content (AvgIpc) is 2.81. The van der Waals surface area contributed by atoms with Gasteiger partial charge in [0, 0.05) is 23.2 Å². The fourth-order valence-electron chi connectivity index (χ4n) is 3.51. The van der Waals surface area contributed by atoms with Gasteiger partial charge in [0.15, 0.2) is 0 Å². The smallest absolute Gasteiger partial charge is 0.266 e. The minimum atomic E-state index is -0.257. The fraction of sp³-hybridized carbons (Fsp3) is 0.160. The molecule has 4 rings (SSSR count). The van der Waals surface area contributed by atoms with Crippen LogP contribution < -0.4 is 15.6 Å². The van der Waals surface area contributed by atoms with E-state index in [0.29, 0.717) is 28.6 Å². The average molecular weight is 448 g/mol. The highest BCUT2D eigenvalue weighted by molar-refractivity contribution is 6.30. The van der Waals surface area contributed by atoms with Crippen molar-refractivity contribution in [1.29, 1.82) is 0 Å². The van der Waals surface area contributed by atoms with Crippen LogP contribution >= 0.6 is 11.6 Å². The van der Waals surface area contributed by atoms with Crippen LogP contribution in [-0.2, 0) is 6.54 Å². The number of nitrogens with one attached hydrogen (secondary N) is 1. The van der Waals surface area contributed by atoms with Crippen LogP contribution in [0.3, 0.4) is 0 Å². The zero-order chi connectivity index (χ0) is 22.5. The third kappa shape index (κ3) is 4.65. The number of amides is 1. The molecule has 0 saturated heterocycles. The predicted octanol–water partition coefficient (Wildman–Crippen LogP) is 4.55. The van der Waals surface area contributed by atoms with Gasteiger partial charge in [0.25, 0.3) is 11.5 Å². The van der Waals surface area contributed by atoms with Gasteiger partial charge >= 0.3 is 0 Å². The number of carbonyl (C=O) groups is 1. The predicted molar refractivity (Wildman–Crippen MR) is 126 cm³/mol. The lowest BCUT2D eigenvalue weighted by atomic mass is 10.0. The number of hydrogen-bond donors (Lipinski definition) is 1. The van der Waals surface area contributed by atoms with E-state index in [1.54, 1.807) is 18.2 Å². The van der Waals surface area contributed by atoms with Crippen molar-refractivity contribution in [2.45, 2.75) is 13.5 Å². The van der Waals surface area contributed by atoms with Crippen LogP contribution in [0.5, 0.6) is 5.75 Å². The van der Waals surface area contributed by atoms with Gasteiger partial charge in [0.1, 0.15) is 5.75 Å². The molecule has 1 heterocycles. The molecule has 0 saturated carbocycles. The van der Waals surface area contributed by atoms with Gasteiger partial charge in [-0.2, -0.15) is 5.10 Å². The summed E-state index contributed by atoms with van der Waals surface area (Å²) in [4.78, 5) is 25.3. The van der Waals surface area contributed by atoms with E-state index in [0.717, 1.165) is 16.3 Å². The van der Waals surface area contributed by atoms with E-state index in [9.17, 15) is 9.59 Å². The molecular formula is C25H22ClN3O3. The number of nitrogens with zero attached hydrogens (tertiary/aromatic N) is 2. The van der Waals surface area contributed by atoms with E-state index >= 15 is 0 Å². The Labute approximate surface area is 190 Å². The molecule has 0 spiro atoms. The van der Waals surface area contributed by atoms with Gasteiger partial charge in [-0.3, -0.25) is 9.59 Å². The topological polar surface area (TPSA) is 73.2 Å². The molecule has 3 aromatic carbocycles. The largest absolute Gasteiger partial charge is 0.493 e. The standard InChI is InChI=1S/C25H22ClN3O3/c1-2-32-22-13-9-17-5-3-4-6-20(17)24(22)25(31)27-15-16-29-23(30)14-12-21(28-29)18-7-10-19(26)11-8-18/h3-14H,2,15-16H2,1H3,(H,27,31). The van der Waals surface area contributed by atoms with E-state index in [4.69, 9.17) is 16.3 Å². The lowest BCUT2D eigenvalue weighted by Crippen LogP contribution is -2.32. The van der Waals surface area contributed by atoms with Crippen LogP contribution in [0.15, 0.2) is 77.6 Å². The molecule has 6 nitrogen and oxygen atoms in total. The molecule has 0 aliphatic carbocycles. The molecule has 0 radical (unpaired) electrons. The Balaban J connectivity index is 1.52. The zero-order valence-corrected chi connectivity index (χ0v) is 18.3. The normalized spacial score (nSPS) is 10.8. The number of halogens is 1. The maximum atomic E-state index is 13.0. The SMILES string of the molecule is CCOc1ccc2ccccc2c1C(=O)NCCn1nc(-c2ccc(Cl)cc2)ccc1=O. The molecular weight excluding hydrogens is 426 g/mol. The first kappa shape index (κ1) is 21.6. The Kier molecular flexibility index (Phi) is 6.52. The number of hydrogen-bond acceptors (Lipinski definition) is 4. The number of ether oxygens (including phenoxy) is 1. The van der Waals surface area contributed by atoms with Gasteiger partial charge in [-0.1, -0.05) is 54.1 Å². The summed E-state index contributed by atoms with van der Waals surface area (Å²) in [6.45, 7) is 2.81. The molecule has 0 bridgehead atoms. The van der Waals surface area contributed by atoms with Gasteiger partial charge in [-0.15, -0.1) is 0 Å². The monoisotopic (exact) mass is 447 g/mol. The van der Waals surface area contributed by atoms with Gasteiger partial charge in [-0.05, 0) is 42.0 Å². The minimum Gasteiger partial charge on any atom is -0.493 e. The molecule has 4 aromatic rings. The number of aromatic nitrogens is 2. The molecule has 0 aliphatic heterocycles. The molecule has 1 amide bonds. The molecule has 0 fully saturated rings. The fourth-order valence-corrected chi connectivity index (χ4v) is 3.63. The van der Waals surface area contributed by atoms with Crippen LogP contribution in [0.4, 0.5) is 0 Å². The van der Waals surface area contributed by atoms with E-state index in [2.05, 4.69) is 10.4 Å². The second-order valence-corrected chi connectivity index (χ2v) is 7.57. The Hall–Kier alpha value is -3.64. The highest BCUT2D eigenvalue weighted by Crippen LogP contribution is 2.28. The summed E-state index contributed by atoms with van der Waals surface area (Å²) in [5.41, 5.74) is 1.75. The summed E-state index contributed by atoms with van der Waals surface area (Å²) in [5.74, 6) is 0.274. The molecule has 1 aromatic heterocycles. The first-order valence-electron chi connectivity index (χ1n) is 10.3. The Morgan fingerprint density at radius 1 is 1.03 bits per heavy atom. The number of carbonyl (C=O) groups excluding carboxylic acids is 1. The highest BCUT2D eigenvalue weighted by Gasteiger charge is 2.16. The van der Waals surface area contributed by atoms with Crippen molar-refractivity contribution in [2.24, 2.45) is 0 Å². The third-order valence-corrected chi connectivity index (χ3v) is 5.29. The summed E-state index contributed by atoms with van der Waals surface area (Å²) >= 11 is 5.95. The second kappa shape index (κ2) is 9.66. The van der Waals surface area contributed by atoms with Crippen molar-refractivity contribution in [3.63, 3.8) is 0 Å². The van der Waals surface area contributed by atoms with Crippen LogP contribution in [-0.4, -0.2) is 28.8 Å². The Morgan fingerprint density at radius 2 is 1.81 bits per heavy atom. The molecule has 0 atom stereocenters. The second-order valence-electron chi connectivity index (χ2n) is 7.14. The quantitative estimate of drug-likeness (QED) is 0.451. The summed E-state index contributed by atoms with van der Waals surface area (Å²) in [6, 6.07) is 21.8. The van der Waals surface area contributed by atoms with Crippen LogP contribution in [0.2, 0.25) is 5.02 Å². The summed E-state index contributed by atoms with van der Waals surface area (Å²) in [6.07, 6.45) is 0. The molecule has 1 N–H and O–H groups in total. The molecule has 0 aliphatic rings. The number of benzene rings is 3. The minimum absolute atomic E-state index is 0.237. The maximum Gasteiger partial charge on any atom is 0.266 e. The first-order valence-corrected chi connectivity index (χ1v) is 10.7. The van der Waals surface area contributed by atoms with Crippen LogP contribution in [0.1, 0.15) is 17.3 Å². The van der Waals surface area contributed by atoms with Gasteiger partial charge in [0.05, 0.1) is 24.4 Å². The number of rotatable bonds is 7. The Morgan fingerprint density at radius 3 is 2.59 bits per heavy atom. The van der Waals surface area contributed by atoms with E-state index < -0.39 is 0 Å². The van der Waals surface area contributed by atoms with E-state index in [1.807, 2.05) is 55.5 Å². The lowest BCUT2D eigenvalue weighted by Gasteiger charge is -2.14. The van der Waals surface area contributed by atoms with Crippen molar-refractivity contribution in [2.75, 3.05) is 13.2 Å². The molecule has 32 heavy (non-hydrogen) atoms. The van der Waals surface area contributed by atoms with E-state index in [-0.39, 0.29) is 24.6 Å².